The number of benzene rings is 1. The van der Waals surface area contributed by atoms with E-state index in [4.69, 9.17) is 11.0 Å². The molecule has 0 radical (unpaired) electrons. The van der Waals surface area contributed by atoms with Crippen molar-refractivity contribution in [2.24, 2.45) is 0 Å². The minimum absolute atomic E-state index is 0.00396. The number of nitrogens with one attached hydrogen (secondary N) is 1. The Morgan fingerprint density at radius 3 is 2.90 bits per heavy atom. The predicted molar refractivity (Wildman–Crippen MR) is 71.0 cm³/mol. The summed E-state index contributed by atoms with van der Waals surface area (Å²) in [5.41, 5.74) is 7.24. The van der Waals surface area contributed by atoms with Crippen LogP contribution in [-0.4, -0.2) is 18.1 Å². The number of anilines is 1. The standard InChI is InChI=1S/C14H12FN3O2/c1-20-13(19)5-9-7-18-12(6-16)14(9)8-2-3-11(17)10(15)4-8/h2-4,7,18H,5,17H2,1H3. The number of ether oxygens (including phenoxy) is 1. The van der Waals surface area contributed by atoms with Crippen LogP contribution >= 0.6 is 0 Å². The number of nitrogens with zero attached hydrogens (tertiary/aromatic N) is 1. The Hall–Kier alpha value is -2.81. The molecule has 2 aromatic rings. The smallest absolute Gasteiger partial charge is 0.310 e. The van der Waals surface area contributed by atoms with Gasteiger partial charge in [0.05, 0.1) is 19.2 Å². The number of aromatic nitrogens is 1. The van der Waals surface area contributed by atoms with Gasteiger partial charge in [-0.2, -0.15) is 5.26 Å². The second-order valence-corrected chi connectivity index (χ2v) is 4.16. The fourth-order valence-electron chi connectivity index (χ4n) is 1.93. The van der Waals surface area contributed by atoms with Gasteiger partial charge < -0.3 is 15.5 Å². The molecule has 0 saturated carbocycles. The number of methoxy groups -OCH3 is 1. The molecule has 0 atom stereocenters. The lowest BCUT2D eigenvalue weighted by Crippen LogP contribution is -2.04. The topological polar surface area (TPSA) is 91.9 Å². The van der Waals surface area contributed by atoms with Gasteiger partial charge in [-0.1, -0.05) is 6.07 Å². The van der Waals surface area contributed by atoms with Gasteiger partial charge in [0.1, 0.15) is 17.6 Å². The molecule has 1 aromatic heterocycles. The summed E-state index contributed by atoms with van der Waals surface area (Å²) in [6.07, 6.45) is 1.54. The van der Waals surface area contributed by atoms with Crippen LogP contribution in [0.2, 0.25) is 0 Å². The summed E-state index contributed by atoms with van der Waals surface area (Å²) >= 11 is 0. The van der Waals surface area contributed by atoms with Crippen LogP contribution in [0.3, 0.4) is 0 Å². The van der Waals surface area contributed by atoms with Gasteiger partial charge in [0.15, 0.2) is 0 Å². The van der Waals surface area contributed by atoms with Crippen LogP contribution in [0.5, 0.6) is 0 Å². The van der Waals surface area contributed by atoms with Crippen molar-refractivity contribution in [1.82, 2.24) is 4.98 Å². The number of esters is 1. The quantitative estimate of drug-likeness (QED) is 0.660. The van der Waals surface area contributed by atoms with Crippen molar-refractivity contribution in [3.05, 3.63) is 41.5 Å². The number of rotatable bonds is 3. The highest BCUT2D eigenvalue weighted by atomic mass is 19.1. The number of aromatic amines is 1. The number of hydrogen-bond donors (Lipinski definition) is 2. The van der Waals surface area contributed by atoms with Crippen LogP contribution in [0.4, 0.5) is 10.1 Å². The third-order valence-electron chi connectivity index (χ3n) is 2.93. The Kier molecular flexibility index (Phi) is 3.71. The van der Waals surface area contributed by atoms with Gasteiger partial charge >= 0.3 is 5.97 Å². The molecular weight excluding hydrogens is 261 g/mol. The Bertz CT molecular complexity index is 701. The third-order valence-corrected chi connectivity index (χ3v) is 2.93. The van der Waals surface area contributed by atoms with E-state index in [1.54, 1.807) is 12.3 Å². The number of carbonyl (C=O) groups excluding carboxylic acids is 1. The molecule has 0 unspecified atom stereocenters. The number of H-pyrrole nitrogens is 1. The minimum Gasteiger partial charge on any atom is -0.469 e. The Morgan fingerprint density at radius 1 is 1.55 bits per heavy atom. The lowest BCUT2D eigenvalue weighted by Gasteiger charge is -2.06. The van der Waals surface area contributed by atoms with E-state index in [1.807, 2.05) is 6.07 Å². The molecule has 0 spiro atoms. The van der Waals surface area contributed by atoms with Crippen LogP contribution in [0.15, 0.2) is 24.4 Å². The highest BCUT2D eigenvalue weighted by Gasteiger charge is 2.17. The van der Waals surface area contributed by atoms with Crippen LogP contribution in [-0.2, 0) is 16.0 Å². The Morgan fingerprint density at radius 2 is 2.30 bits per heavy atom. The number of halogens is 1. The summed E-state index contributed by atoms with van der Waals surface area (Å²) in [6.45, 7) is 0. The lowest BCUT2D eigenvalue weighted by molar-refractivity contribution is -0.139. The molecule has 20 heavy (non-hydrogen) atoms. The normalized spacial score (nSPS) is 10.1. The maximum atomic E-state index is 13.6. The van der Waals surface area contributed by atoms with Crippen molar-refractivity contribution in [3.63, 3.8) is 0 Å². The summed E-state index contributed by atoms with van der Waals surface area (Å²) < 4.78 is 18.2. The molecule has 1 heterocycles. The predicted octanol–water partition coefficient (Wildman–Crippen LogP) is 1.99. The van der Waals surface area contributed by atoms with Gasteiger partial charge in [-0.05, 0) is 23.3 Å². The van der Waals surface area contributed by atoms with Gasteiger partial charge in [-0.15, -0.1) is 0 Å². The molecule has 102 valence electrons. The average Bonchev–Trinajstić information content (AvgIpc) is 2.84. The van der Waals surface area contributed by atoms with E-state index >= 15 is 0 Å². The van der Waals surface area contributed by atoms with Crippen LogP contribution < -0.4 is 5.73 Å². The summed E-state index contributed by atoms with van der Waals surface area (Å²) in [7, 11) is 1.28. The van der Waals surface area contributed by atoms with Gasteiger partial charge in [-0.3, -0.25) is 4.79 Å². The van der Waals surface area contributed by atoms with Crippen molar-refractivity contribution in [1.29, 1.82) is 5.26 Å². The van der Waals surface area contributed by atoms with E-state index in [9.17, 15) is 9.18 Å². The highest BCUT2D eigenvalue weighted by Crippen LogP contribution is 2.29. The molecule has 0 saturated heterocycles. The zero-order valence-electron chi connectivity index (χ0n) is 10.7. The minimum atomic E-state index is -0.573. The second kappa shape index (κ2) is 5.45. The van der Waals surface area contributed by atoms with E-state index < -0.39 is 11.8 Å². The van der Waals surface area contributed by atoms with Gasteiger partial charge in [0.25, 0.3) is 0 Å². The zero-order chi connectivity index (χ0) is 14.7. The number of hydrogen-bond acceptors (Lipinski definition) is 4. The summed E-state index contributed by atoms with van der Waals surface area (Å²) in [4.78, 5) is 14.1. The van der Waals surface area contributed by atoms with E-state index in [0.717, 1.165) is 0 Å². The summed E-state index contributed by atoms with van der Waals surface area (Å²) in [5.74, 6) is -1.01. The van der Waals surface area contributed by atoms with E-state index in [-0.39, 0.29) is 17.8 Å². The van der Waals surface area contributed by atoms with Crippen LogP contribution in [0, 0.1) is 17.1 Å². The molecule has 1 aromatic carbocycles. The van der Waals surface area contributed by atoms with Crippen LogP contribution in [0.25, 0.3) is 11.1 Å². The first-order valence-corrected chi connectivity index (χ1v) is 5.79. The molecule has 0 aliphatic rings. The molecular formula is C14H12FN3O2. The molecule has 3 N–H and O–H groups in total. The monoisotopic (exact) mass is 273 g/mol. The maximum absolute atomic E-state index is 13.6. The summed E-state index contributed by atoms with van der Waals surface area (Å²) in [5, 5.41) is 9.09. The first-order chi connectivity index (χ1) is 9.56. The molecule has 0 fully saturated rings. The van der Waals surface area contributed by atoms with Crippen molar-refractivity contribution >= 4 is 11.7 Å². The molecule has 0 amide bonds. The Balaban J connectivity index is 2.53. The van der Waals surface area contributed by atoms with E-state index in [2.05, 4.69) is 9.72 Å². The van der Waals surface area contributed by atoms with Gasteiger partial charge in [-0.25, -0.2) is 4.39 Å². The van der Waals surface area contributed by atoms with Crippen molar-refractivity contribution in [3.8, 4) is 17.2 Å². The van der Waals surface area contributed by atoms with Crippen LogP contribution in [0.1, 0.15) is 11.3 Å². The van der Waals surface area contributed by atoms with Crippen molar-refractivity contribution < 1.29 is 13.9 Å². The first kappa shape index (κ1) is 13.6. The molecule has 5 nitrogen and oxygen atoms in total. The molecule has 0 bridgehead atoms. The first-order valence-electron chi connectivity index (χ1n) is 5.79. The van der Waals surface area contributed by atoms with Gasteiger partial charge in [0, 0.05) is 11.8 Å². The zero-order valence-corrected chi connectivity index (χ0v) is 10.7. The maximum Gasteiger partial charge on any atom is 0.310 e. The third kappa shape index (κ3) is 2.47. The second-order valence-electron chi connectivity index (χ2n) is 4.16. The van der Waals surface area contributed by atoms with Gasteiger partial charge in [0.2, 0.25) is 0 Å². The number of carbonyl (C=O) groups is 1. The number of nitriles is 1. The number of nitrogens with two attached hydrogens (primary N) is 1. The highest BCUT2D eigenvalue weighted by molar-refractivity contribution is 5.80. The number of nitrogen functional groups attached to an aromatic ring is 1. The lowest BCUT2D eigenvalue weighted by atomic mass is 9.99. The molecule has 2 rings (SSSR count). The fourth-order valence-corrected chi connectivity index (χ4v) is 1.93. The molecule has 0 aliphatic carbocycles. The van der Waals surface area contributed by atoms with E-state index in [1.165, 1.54) is 19.2 Å². The molecule has 0 aliphatic heterocycles. The summed E-state index contributed by atoms with van der Waals surface area (Å²) in [6, 6.07) is 6.23. The largest absolute Gasteiger partial charge is 0.469 e. The SMILES string of the molecule is COC(=O)Cc1c[nH]c(C#N)c1-c1ccc(N)c(F)c1. The average molecular weight is 273 g/mol. The Labute approximate surface area is 114 Å². The van der Waals surface area contributed by atoms with Crippen molar-refractivity contribution in [2.75, 3.05) is 12.8 Å². The van der Waals surface area contributed by atoms with Crippen molar-refractivity contribution in [2.45, 2.75) is 6.42 Å². The van der Waals surface area contributed by atoms with E-state index in [0.29, 0.717) is 16.7 Å². The fraction of sp³-hybridized carbons (Fsp3) is 0.143. The molecule has 6 heteroatoms.